The smallest absolute Gasteiger partial charge is 0.416 e. The molecule has 1 amide bonds. The molecule has 0 fully saturated rings. The lowest BCUT2D eigenvalue weighted by molar-refractivity contribution is -0.137. The molecule has 6 heteroatoms. The topological polar surface area (TPSA) is 38.3 Å². The first-order valence-electron chi connectivity index (χ1n) is 8.51. The number of para-hydroxylation sites is 1. The number of halogens is 3. The summed E-state index contributed by atoms with van der Waals surface area (Å²) in [6, 6.07) is 10.2. The Labute approximate surface area is 155 Å². The van der Waals surface area contributed by atoms with E-state index in [1.165, 1.54) is 12.1 Å². The first kappa shape index (κ1) is 18.8. The molecular weight excluding hydrogens is 355 g/mol. The summed E-state index contributed by atoms with van der Waals surface area (Å²) in [6.45, 7) is 4.01. The molecule has 1 aliphatic rings. The monoisotopic (exact) mass is 373 g/mol. The molecule has 0 saturated heterocycles. The molecule has 0 aromatic heterocycles. The van der Waals surface area contributed by atoms with Crippen LogP contribution in [0.4, 0.5) is 13.2 Å². The van der Waals surface area contributed by atoms with Crippen LogP contribution in [-0.2, 0) is 6.18 Å². The summed E-state index contributed by atoms with van der Waals surface area (Å²) in [4.78, 5) is 12.4. The van der Waals surface area contributed by atoms with Crippen LogP contribution in [0.3, 0.4) is 0 Å². The van der Waals surface area contributed by atoms with E-state index in [9.17, 15) is 18.0 Å². The maximum absolute atomic E-state index is 12.7. The van der Waals surface area contributed by atoms with E-state index in [1.807, 2.05) is 19.9 Å². The van der Waals surface area contributed by atoms with Gasteiger partial charge < -0.3 is 10.1 Å². The van der Waals surface area contributed by atoms with Gasteiger partial charge in [0, 0.05) is 17.0 Å². The average molecular weight is 373 g/mol. The molecule has 2 atom stereocenters. The van der Waals surface area contributed by atoms with Gasteiger partial charge in [0.15, 0.2) is 0 Å². The summed E-state index contributed by atoms with van der Waals surface area (Å²) in [5.41, 5.74) is 0.916. The summed E-state index contributed by atoms with van der Waals surface area (Å²) in [6.07, 6.45) is -4.41. The summed E-state index contributed by atoms with van der Waals surface area (Å²) in [7, 11) is 0. The Kier molecular flexibility index (Phi) is 5.13. The number of hydrogen-bond donors (Lipinski definition) is 1. The molecule has 3 rings (SSSR count). The van der Waals surface area contributed by atoms with Gasteiger partial charge in [-0.15, -0.1) is 0 Å². The number of amides is 1. The second-order valence-electron chi connectivity index (χ2n) is 6.40. The molecule has 1 heterocycles. The Morgan fingerprint density at radius 1 is 1.19 bits per heavy atom. The van der Waals surface area contributed by atoms with E-state index < -0.39 is 11.7 Å². The number of benzene rings is 2. The largest absolute Gasteiger partial charge is 0.489 e. The third-order valence-electron chi connectivity index (χ3n) is 4.55. The minimum absolute atomic E-state index is 0.00495. The molecule has 0 spiro atoms. The van der Waals surface area contributed by atoms with E-state index in [4.69, 9.17) is 4.74 Å². The lowest BCUT2D eigenvalue weighted by Gasteiger charge is -2.09. The third-order valence-corrected chi connectivity index (χ3v) is 4.55. The first-order valence-corrected chi connectivity index (χ1v) is 8.51. The maximum Gasteiger partial charge on any atom is 0.416 e. The number of nitrogens with one attached hydrogen (secondary N) is 1. The third kappa shape index (κ3) is 4.08. The fraction of sp³-hybridized carbons (Fsp3) is 0.286. The van der Waals surface area contributed by atoms with Gasteiger partial charge in [0.2, 0.25) is 0 Å². The van der Waals surface area contributed by atoms with Crippen LogP contribution in [0.15, 0.2) is 42.5 Å². The van der Waals surface area contributed by atoms with E-state index in [0.29, 0.717) is 11.3 Å². The number of ether oxygens (including phenoxy) is 1. The Bertz CT molecular complexity index is 925. The van der Waals surface area contributed by atoms with E-state index in [0.717, 1.165) is 17.7 Å². The van der Waals surface area contributed by atoms with Gasteiger partial charge in [0.1, 0.15) is 11.9 Å². The highest BCUT2D eigenvalue weighted by molar-refractivity contribution is 5.97. The van der Waals surface area contributed by atoms with Crippen molar-refractivity contribution in [1.82, 2.24) is 5.32 Å². The quantitative estimate of drug-likeness (QED) is 0.794. The number of hydrogen-bond acceptors (Lipinski definition) is 2. The number of alkyl halides is 3. The highest BCUT2D eigenvalue weighted by atomic mass is 19.4. The molecule has 140 valence electrons. The molecule has 0 saturated carbocycles. The standard InChI is InChI=1S/C21H18F3NO2/c1-13-14(2)27-19-17(13)9-4-10-18(19)20(26)25-11-5-7-15-6-3-8-16(12-15)21(22,23)24/h3-4,6,8-10,12-14H,11H2,1-2H3,(H,25,26). The van der Waals surface area contributed by atoms with Gasteiger partial charge in [-0.2, -0.15) is 13.2 Å². The molecule has 3 nitrogen and oxygen atoms in total. The molecule has 2 aromatic rings. The van der Waals surface area contributed by atoms with Crippen LogP contribution in [0.5, 0.6) is 5.75 Å². The summed E-state index contributed by atoms with van der Waals surface area (Å²) < 4.78 is 43.9. The van der Waals surface area contributed by atoms with Crippen molar-refractivity contribution in [3.05, 3.63) is 64.7 Å². The Balaban J connectivity index is 1.67. The Morgan fingerprint density at radius 2 is 1.93 bits per heavy atom. The van der Waals surface area contributed by atoms with Crippen LogP contribution in [0, 0.1) is 11.8 Å². The fourth-order valence-corrected chi connectivity index (χ4v) is 2.90. The molecule has 2 aromatic carbocycles. The van der Waals surface area contributed by atoms with Gasteiger partial charge in [-0.1, -0.05) is 37.0 Å². The summed E-state index contributed by atoms with van der Waals surface area (Å²) in [5, 5.41) is 2.66. The van der Waals surface area contributed by atoms with Gasteiger partial charge in [-0.05, 0) is 31.2 Å². The van der Waals surface area contributed by atoms with Crippen molar-refractivity contribution in [3.8, 4) is 17.6 Å². The number of carbonyl (C=O) groups excluding carboxylic acids is 1. The van der Waals surface area contributed by atoms with Crippen molar-refractivity contribution < 1.29 is 22.7 Å². The van der Waals surface area contributed by atoms with Crippen LogP contribution in [-0.4, -0.2) is 18.6 Å². The van der Waals surface area contributed by atoms with Crippen molar-refractivity contribution in [2.75, 3.05) is 6.54 Å². The SMILES string of the molecule is CC1Oc2c(C(=O)NCC#Cc3cccc(C(F)(F)F)c3)cccc2C1C. The second kappa shape index (κ2) is 7.36. The predicted octanol–water partition coefficient (Wildman–Crippen LogP) is 4.37. The van der Waals surface area contributed by atoms with Gasteiger partial charge >= 0.3 is 6.18 Å². The van der Waals surface area contributed by atoms with Crippen molar-refractivity contribution in [3.63, 3.8) is 0 Å². The zero-order chi connectivity index (χ0) is 19.6. The Morgan fingerprint density at radius 3 is 2.67 bits per heavy atom. The van der Waals surface area contributed by atoms with Crippen molar-refractivity contribution in [2.24, 2.45) is 0 Å². The molecule has 27 heavy (non-hydrogen) atoms. The van der Waals surface area contributed by atoms with E-state index in [1.54, 1.807) is 12.1 Å². The maximum atomic E-state index is 12.7. The lowest BCUT2D eigenvalue weighted by Crippen LogP contribution is -2.24. The lowest BCUT2D eigenvalue weighted by atomic mass is 9.97. The molecule has 0 radical (unpaired) electrons. The minimum Gasteiger partial charge on any atom is -0.489 e. The number of carbonyl (C=O) groups is 1. The van der Waals surface area contributed by atoms with E-state index in [-0.39, 0.29) is 30.0 Å². The van der Waals surface area contributed by atoms with Crippen molar-refractivity contribution in [1.29, 1.82) is 0 Å². The average Bonchev–Trinajstić information content (AvgIpc) is 2.92. The molecule has 1 aliphatic heterocycles. The van der Waals surface area contributed by atoms with E-state index >= 15 is 0 Å². The molecule has 2 unspecified atom stereocenters. The summed E-state index contributed by atoms with van der Waals surface area (Å²) >= 11 is 0. The van der Waals surface area contributed by atoms with Gasteiger partial charge in [0.25, 0.3) is 5.91 Å². The first-order chi connectivity index (χ1) is 12.8. The van der Waals surface area contributed by atoms with Gasteiger partial charge in [0.05, 0.1) is 17.7 Å². The number of fused-ring (bicyclic) bond motifs is 1. The zero-order valence-electron chi connectivity index (χ0n) is 14.9. The van der Waals surface area contributed by atoms with Crippen molar-refractivity contribution in [2.45, 2.75) is 32.0 Å². The van der Waals surface area contributed by atoms with Gasteiger partial charge in [-0.25, -0.2) is 0 Å². The highest BCUT2D eigenvalue weighted by Gasteiger charge is 2.31. The molecular formula is C21H18F3NO2. The van der Waals surface area contributed by atoms with Crippen LogP contribution in [0.25, 0.3) is 0 Å². The molecule has 1 N–H and O–H groups in total. The Hall–Kier alpha value is -2.94. The zero-order valence-corrected chi connectivity index (χ0v) is 14.9. The normalized spacial score (nSPS) is 18.1. The fourth-order valence-electron chi connectivity index (χ4n) is 2.90. The van der Waals surface area contributed by atoms with Crippen LogP contribution >= 0.6 is 0 Å². The second-order valence-corrected chi connectivity index (χ2v) is 6.40. The number of rotatable bonds is 2. The molecule has 0 aliphatic carbocycles. The minimum atomic E-state index is -4.41. The van der Waals surface area contributed by atoms with Crippen LogP contribution < -0.4 is 10.1 Å². The summed E-state index contributed by atoms with van der Waals surface area (Å²) in [5.74, 6) is 5.77. The van der Waals surface area contributed by atoms with Crippen LogP contribution in [0.2, 0.25) is 0 Å². The molecule has 0 bridgehead atoms. The van der Waals surface area contributed by atoms with Crippen molar-refractivity contribution >= 4 is 5.91 Å². The highest BCUT2D eigenvalue weighted by Crippen LogP contribution is 2.40. The predicted molar refractivity (Wildman–Crippen MR) is 95.6 cm³/mol. The van der Waals surface area contributed by atoms with E-state index in [2.05, 4.69) is 17.2 Å². The van der Waals surface area contributed by atoms with Gasteiger partial charge in [-0.3, -0.25) is 4.79 Å². The van der Waals surface area contributed by atoms with Crippen LogP contribution in [0.1, 0.15) is 46.8 Å².